The zero-order valence-corrected chi connectivity index (χ0v) is 16.8. The van der Waals surface area contributed by atoms with Crippen molar-refractivity contribution in [2.24, 2.45) is 0 Å². The summed E-state index contributed by atoms with van der Waals surface area (Å²) in [5.41, 5.74) is 0.549. The summed E-state index contributed by atoms with van der Waals surface area (Å²) in [6, 6.07) is 5.62. The van der Waals surface area contributed by atoms with E-state index in [1.54, 1.807) is 6.92 Å². The van der Waals surface area contributed by atoms with Gasteiger partial charge >= 0.3 is 0 Å². The highest BCUT2D eigenvalue weighted by atomic mass is 32.2. The first-order valence-corrected chi connectivity index (χ1v) is 10.8. The highest BCUT2D eigenvalue weighted by molar-refractivity contribution is 8.01. The molecule has 5 nitrogen and oxygen atoms in total. The van der Waals surface area contributed by atoms with Crippen LogP contribution in [0.1, 0.15) is 39.0 Å². The van der Waals surface area contributed by atoms with E-state index in [1.807, 2.05) is 0 Å². The molecule has 1 saturated heterocycles. The van der Waals surface area contributed by atoms with Gasteiger partial charge in [-0.05, 0) is 70.1 Å². The van der Waals surface area contributed by atoms with Crippen LogP contribution in [0.3, 0.4) is 0 Å². The van der Waals surface area contributed by atoms with Crippen LogP contribution in [0.4, 0.5) is 10.1 Å². The molecule has 1 aliphatic rings. The number of nitrogens with one attached hydrogen (secondary N) is 2. The summed E-state index contributed by atoms with van der Waals surface area (Å²) in [5.74, 6) is -0.402. The van der Waals surface area contributed by atoms with Gasteiger partial charge in [-0.1, -0.05) is 12.8 Å². The average molecular weight is 396 g/mol. The summed E-state index contributed by atoms with van der Waals surface area (Å²) in [7, 11) is 0. The molecule has 0 aliphatic carbocycles. The third-order valence-corrected chi connectivity index (χ3v) is 5.75. The number of carbonyl (C=O) groups is 2. The maximum Gasteiger partial charge on any atom is 0.234 e. The van der Waals surface area contributed by atoms with Crippen LogP contribution in [0.5, 0.6) is 0 Å². The van der Waals surface area contributed by atoms with Crippen LogP contribution >= 0.6 is 11.8 Å². The Morgan fingerprint density at radius 3 is 2.48 bits per heavy atom. The highest BCUT2D eigenvalue weighted by Crippen LogP contribution is 2.13. The molecular formula is C20H30FN3O2S. The van der Waals surface area contributed by atoms with Crippen molar-refractivity contribution in [3.63, 3.8) is 0 Å². The minimum Gasteiger partial charge on any atom is -0.355 e. The van der Waals surface area contributed by atoms with Gasteiger partial charge in [-0.3, -0.25) is 9.59 Å². The van der Waals surface area contributed by atoms with E-state index < -0.39 is 0 Å². The molecule has 1 aromatic rings. The Morgan fingerprint density at radius 2 is 1.81 bits per heavy atom. The summed E-state index contributed by atoms with van der Waals surface area (Å²) in [6.45, 7) is 5.84. The maximum atomic E-state index is 12.9. The molecule has 1 unspecified atom stereocenters. The molecule has 0 radical (unpaired) electrons. The Labute approximate surface area is 165 Å². The van der Waals surface area contributed by atoms with Crippen LogP contribution < -0.4 is 10.6 Å². The van der Waals surface area contributed by atoms with Crippen molar-refractivity contribution in [2.45, 2.75) is 44.3 Å². The van der Waals surface area contributed by atoms with Crippen molar-refractivity contribution in [1.82, 2.24) is 10.2 Å². The van der Waals surface area contributed by atoms with E-state index in [0.717, 1.165) is 13.0 Å². The molecule has 0 aromatic heterocycles. The lowest BCUT2D eigenvalue weighted by atomic mass is 10.2. The largest absolute Gasteiger partial charge is 0.355 e. The number of rotatable bonds is 9. The van der Waals surface area contributed by atoms with Gasteiger partial charge in [0.25, 0.3) is 0 Å². The van der Waals surface area contributed by atoms with Crippen molar-refractivity contribution in [3.8, 4) is 0 Å². The average Bonchev–Trinajstić information content (AvgIpc) is 2.94. The quantitative estimate of drug-likeness (QED) is 0.630. The first-order chi connectivity index (χ1) is 13.0. The zero-order chi connectivity index (χ0) is 19.5. The summed E-state index contributed by atoms with van der Waals surface area (Å²) < 4.78 is 12.9. The number of anilines is 1. The van der Waals surface area contributed by atoms with E-state index in [1.165, 1.54) is 74.8 Å². The topological polar surface area (TPSA) is 61.4 Å². The summed E-state index contributed by atoms with van der Waals surface area (Å²) in [5, 5.41) is 5.36. The van der Waals surface area contributed by atoms with E-state index in [-0.39, 0.29) is 28.6 Å². The van der Waals surface area contributed by atoms with Crippen LogP contribution in [0.25, 0.3) is 0 Å². The monoisotopic (exact) mass is 395 g/mol. The van der Waals surface area contributed by atoms with Gasteiger partial charge < -0.3 is 15.5 Å². The zero-order valence-electron chi connectivity index (χ0n) is 16.0. The Hall–Kier alpha value is -1.60. The van der Waals surface area contributed by atoms with Crippen molar-refractivity contribution in [1.29, 1.82) is 0 Å². The lowest BCUT2D eigenvalue weighted by Crippen LogP contribution is -2.34. The molecule has 2 rings (SSSR count). The van der Waals surface area contributed by atoms with E-state index in [2.05, 4.69) is 15.5 Å². The number of likely N-dealkylation sites (tertiary alicyclic amines) is 1. The van der Waals surface area contributed by atoms with Gasteiger partial charge in [0, 0.05) is 12.2 Å². The number of carbonyl (C=O) groups excluding carboxylic acids is 2. The predicted molar refractivity (Wildman–Crippen MR) is 109 cm³/mol. The molecular weight excluding hydrogens is 365 g/mol. The first-order valence-electron chi connectivity index (χ1n) is 9.71. The van der Waals surface area contributed by atoms with Gasteiger partial charge in [0.15, 0.2) is 0 Å². The standard InChI is InChI=1S/C20H30FN3O2S/c1-16(27-15-19(25)23-18-9-7-17(21)8-10-18)20(26)22-11-6-14-24-12-4-2-3-5-13-24/h7-10,16H,2-6,11-15H2,1H3,(H,22,26)(H,23,25). The van der Waals surface area contributed by atoms with Gasteiger partial charge in [-0.15, -0.1) is 11.8 Å². The van der Waals surface area contributed by atoms with Crippen LogP contribution in [0.15, 0.2) is 24.3 Å². The molecule has 0 bridgehead atoms. The van der Waals surface area contributed by atoms with Crippen LogP contribution in [0, 0.1) is 5.82 Å². The van der Waals surface area contributed by atoms with Gasteiger partial charge in [-0.25, -0.2) is 4.39 Å². The Kier molecular flexibility index (Phi) is 9.62. The van der Waals surface area contributed by atoms with Crippen molar-refractivity contribution < 1.29 is 14.0 Å². The second kappa shape index (κ2) is 12.0. The molecule has 0 saturated carbocycles. The number of halogens is 1. The molecule has 27 heavy (non-hydrogen) atoms. The Morgan fingerprint density at radius 1 is 1.15 bits per heavy atom. The number of hydrogen-bond donors (Lipinski definition) is 2. The summed E-state index contributed by atoms with van der Waals surface area (Å²) in [6.07, 6.45) is 6.17. The smallest absolute Gasteiger partial charge is 0.234 e. The van der Waals surface area contributed by atoms with Gasteiger partial charge in [0.1, 0.15) is 5.82 Å². The fourth-order valence-electron chi connectivity index (χ4n) is 3.02. The Bertz CT molecular complexity index is 589. The van der Waals surface area contributed by atoms with Crippen molar-refractivity contribution >= 4 is 29.3 Å². The lowest BCUT2D eigenvalue weighted by molar-refractivity contribution is -0.120. The molecule has 0 spiro atoms. The molecule has 150 valence electrons. The van der Waals surface area contributed by atoms with Crippen LogP contribution in [-0.2, 0) is 9.59 Å². The second-order valence-corrected chi connectivity index (χ2v) is 8.24. The van der Waals surface area contributed by atoms with Gasteiger partial charge in [0.05, 0.1) is 11.0 Å². The number of hydrogen-bond acceptors (Lipinski definition) is 4. The fraction of sp³-hybridized carbons (Fsp3) is 0.600. The molecule has 1 fully saturated rings. The molecule has 2 N–H and O–H groups in total. The summed E-state index contributed by atoms with van der Waals surface area (Å²) >= 11 is 1.30. The maximum absolute atomic E-state index is 12.9. The number of nitrogens with zero attached hydrogens (tertiary/aromatic N) is 1. The second-order valence-electron chi connectivity index (χ2n) is 6.91. The number of amides is 2. The normalized spacial score (nSPS) is 16.4. The highest BCUT2D eigenvalue weighted by Gasteiger charge is 2.15. The number of thioether (sulfide) groups is 1. The van der Waals surface area contributed by atoms with Gasteiger partial charge in [0.2, 0.25) is 11.8 Å². The van der Waals surface area contributed by atoms with E-state index in [0.29, 0.717) is 12.2 Å². The molecule has 1 heterocycles. The fourth-order valence-corrected chi connectivity index (χ4v) is 3.73. The summed E-state index contributed by atoms with van der Waals surface area (Å²) in [4.78, 5) is 26.5. The van der Waals surface area contributed by atoms with Gasteiger partial charge in [-0.2, -0.15) is 0 Å². The van der Waals surface area contributed by atoms with Crippen LogP contribution in [-0.4, -0.2) is 53.9 Å². The molecule has 1 aliphatic heterocycles. The third-order valence-electron chi connectivity index (χ3n) is 4.61. The molecule has 1 atom stereocenters. The molecule has 2 amide bonds. The minimum absolute atomic E-state index is 0.0366. The van der Waals surface area contributed by atoms with E-state index in [4.69, 9.17) is 0 Å². The Balaban J connectivity index is 1.57. The SMILES string of the molecule is CC(SCC(=O)Nc1ccc(F)cc1)C(=O)NCCCN1CCCCCC1. The van der Waals surface area contributed by atoms with E-state index >= 15 is 0 Å². The van der Waals surface area contributed by atoms with Crippen molar-refractivity contribution in [3.05, 3.63) is 30.1 Å². The van der Waals surface area contributed by atoms with E-state index in [9.17, 15) is 14.0 Å². The molecule has 7 heteroatoms. The van der Waals surface area contributed by atoms with Crippen LogP contribution in [0.2, 0.25) is 0 Å². The predicted octanol–water partition coefficient (Wildman–Crippen LogP) is 3.27. The van der Waals surface area contributed by atoms with Crippen molar-refractivity contribution in [2.75, 3.05) is 37.2 Å². The lowest BCUT2D eigenvalue weighted by Gasteiger charge is -2.19. The first kappa shape index (κ1) is 21.7. The third kappa shape index (κ3) is 8.75. The minimum atomic E-state index is -0.344. The molecule has 1 aromatic carbocycles. The number of benzene rings is 1.